The molecule has 3 aromatic rings. The first-order valence-electron chi connectivity index (χ1n) is 13.7. The summed E-state index contributed by atoms with van der Waals surface area (Å²) in [6.07, 6.45) is 1.19. The van der Waals surface area contributed by atoms with Gasteiger partial charge in [0.25, 0.3) is 0 Å². The summed E-state index contributed by atoms with van der Waals surface area (Å²) in [4.78, 5) is 29.3. The van der Waals surface area contributed by atoms with Crippen molar-refractivity contribution in [1.29, 1.82) is 0 Å². The molecule has 7 heteroatoms. The molecule has 0 aliphatic heterocycles. The maximum absolute atomic E-state index is 12.6. The van der Waals surface area contributed by atoms with Crippen LogP contribution in [0.4, 0.5) is 4.79 Å². The number of esters is 1. The Labute approximate surface area is 232 Å². The van der Waals surface area contributed by atoms with Gasteiger partial charge < -0.3 is 19.5 Å². The fourth-order valence-electron chi connectivity index (χ4n) is 4.33. The molecule has 210 valence electrons. The highest BCUT2D eigenvalue weighted by Crippen LogP contribution is 2.36. The molecule has 0 saturated carbocycles. The number of nitrogens with one attached hydrogen (secondary N) is 1. The first-order chi connectivity index (χ1) is 18.5. The Morgan fingerprint density at radius 2 is 1.77 bits per heavy atom. The van der Waals surface area contributed by atoms with Gasteiger partial charge in [0.05, 0.1) is 18.7 Å². The molecule has 0 aliphatic carbocycles. The van der Waals surface area contributed by atoms with Crippen molar-refractivity contribution in [2.24, 2.45) is 5.92 Å². The quantitative estimate of drug-likeness (QED) is 0.208. The Kier molecular flexibility index (Phi) is 10.3. The van der Waals surface area contributed by atoms with E-state index in [9.17, 15) is 9.59 Å². The second-order valence-corrected chi connectivity index (χ2v) is 11.2. The normalized spacial score (nSPS) is 11.5. The fraction of sp³-hybridized carbons (Fsp3) is 0.469. The molecule has 1 aromatic heterocycles. The second kappa shape index (κ2) is 13.5. The first-order valence-corrected chi connectivity index (χ1v) is 13.7. The predicted octanol–water partition coefficient (Wildman–Crippen LogP) is 7.16. The van der Waals surface area contributed by atoms with Gasteiger partial charge in [-0.25, -0.2) is 4.79 Å². The fourth-order valence-corrected chi connectivity index (χ4v) is 4.33. The van der Waals surface area contributed by atoms with Crippen molar-refractivity contribution < 1.29 is 23.8 Å². The topological polar surface area (TPSA) is 86.8 Å². The lowest BCUT2D eigenvalue weighted by Crippen LogP contribution is -2.32. The molecule has 0 bridgehead atoms. The minimum atomic E-state index is -0.591. The van der Waals surface area contributed by atoms with Crippen LogP contribution in [0.2, 0.25) is 0 Å². The van der Waals surface area contributed by atoms with Gasteiger partial charge in [-0.3, -0.25) is 9.78 Å². The molecule has 0 radical (unpaired) electrons. The van der Waals surface area contributed by atoms with E-state index >= 15 is 0 Å². The van der Waals surface area contributed by atoms with Crippen LogP contribution in [-0.4, -0.2) is 35.9 Å². The number of carbonyl (C=O) groups is 2. The molecule has 0 spiro atoms. The third-order valence-electron chi connectivity index (χ3n) is 5.99. The van der Waals surface area contributed by atoms with Crippen molar-refractivity contribution in [3.63, 3.8) is 0 Å². The van der Waals surface area contributed by atoms with Crippen molar-refractivity contribution >= 4 is 23.0 Å². The second-order valence-electron chi connectivity index (χ2n) is 11.2. The van der Waals surface area contributed by atoms with E-state index in [1.165, 1.54) is 5.56 Å². The Balaban J connectivity index is 2.04. The van der Waals surface area contributed by atoms with Crippen LogP contribution in [0.25, 0.3) is 22.0 Å². The van der Waals surface area contributed by atoms with Gasteiger partial charge >= 0.3 is 12.1 Å². The van der Waals surface area contributed by atoms with Gasteiger partial charge in [0.15, 0.2) is 0 Å². The van der Waals surface area contributed by atoms with Crippen LogP contribution in [0.5, 0.6) is 5.75 Å². The Morgan fingerprint density at radius 1 is 1.05 bits per heavy atom. The van der Waals surface area contributed by atoms with Gasteiger partial charge in [0.2, 0.25) is 0 Å². The summed E-state index contributed by atoms with van der Waals surface area (Å²) in [6, 6.07) is 14.3. The Bertz CT molecular complexity index is 1280. The van der Waals surface area contributed by atoms with Crippen LogP contribution in [0.15, 0.2) is 42.5 Å². The number of ether oxygens (including phenoxy) is 3. The van der Waals surface area contributed by atoms with Gasteiger partial charge in [0.1, 0.15) is 11.4 Å². The monoisotopic (exact) mass is 534 g/mol. The molecule has 3 rings (SSSR count). The molecule has 7 nitrogen and oxygen atoms in total. The highest BCUT2D eigenvalue weighted by atomic mass is 16.6. The predicted molar refractivity (Wildman–Crippen MR) is 155 cm³/mol. The van der Waals surface area contributed by atoms with E-state index in [1.807, 2.05) is 39.0 Å². The third-order valence-corrected chi connectivity index (χ3v) is 5.99. The highest BCUT2D eigenvalue weighted by molar-refractivity contribution is 5.97. The summed E-state index contributed by atoms with van der Waals surface area (Å²) >= 11 is 0. The zero-order chi connectivity index (χ0) is 28.6. The number of aromatic nitrogens is 1. The third kappa shape index (κ3) is 8.98. The number of nitrogens with zero attached hydrogens (tertiary/aromatic N) is 1. The van der Waals surface area contributed by atoms with Crippen LogP contribution in [0.1, 0.15) is 71.2 Å². The average molecular weight is 535 g/mol. The number of rotatable bonds is 11. The number of hydrogen-bond acceptors (Lipinski definition) is 6. The van der Waals surface area contributed by atoms with Gasteiger partial charge in [-0.05, 0) is 82.7 Å². The maximum atomic E-state index is 12.6. The zero-order valence-corrected chi connectivity index (χ0v) is 24.3. The number of amides is 1. The summed E-state index contributed by atoms with van der Waals surface area (Å²) in [5, 5.41) is 3.90. The van der Waals surface area contributed by atoms with Crippen molar-refractivity contribution in [3.05, 3.63) is 59.3 Å². The van der Waals surface area contributed by atoms with Crippen molar-refractivity contribution in [2.75, 3.05) is 13.2 Å². The molecule has 0 saturated heterocycles. The molecule has 39 heavy (non-hydrogen) atoms. The minimum absolute atomic E-state index is 0.217. The number of fused-ring (bicyclic) bond motifs is 1. The smallest absolute Gasteiger partial charge is 0.407 e. The molecule has 0 aliphatic rings. The lowest BCUT2D eigenvalue weighted by Gasteiger charge is -2.22. The molecule has 1 N–H and O–H groups in total. The van der Waals surface area contributed by atoms with E-state index in [-0.39, 0.29) is 12.5 Å². The van der Waals surface area contributed by atoms with Crippen LogP contribution in [-0.2, 0) is 27.2 Å². The number of aryl methyl sites for hydroxylation is 1. The number of pyridine rings is 1. The van der Waals surface area contributed by atoms with Gasteiger partial charge in [-0.2, -0.15) is 0 Å². The van der Waals surface area contributed by atoms with E-state index in [1.54, 1.807) is 6.92 Å². The number of benzene rings is 2. The first kappa shape index (κ1) is 29.9. The summed E-state index contributed by atoms with van der Waals surface area (Å²) in [5.41, 5.74) is 5.41. The van der Waals surface area contributed by atoms with Crippen molar-refractivity contribution in [1.82, 2.24) is 10.3 Å². The van der Waals surface area contributed by atoms with Gasteiger partial charge in [-0.1, -0.05) is 43.7 Å². The minimum Gasteiger partial charge on any atom is -0.494 e. The van der Waals surface area contributed by atoms with E-state index in [4.69, 9.17) is 19.2 Å². The van der Waals surface area contributed by atoms with E-state index in [2.05, 4.69) is 50.4 Å². The number of hydrogen-bond donors (Lipinski definition) is 1. The number of carbonyl (C=O) groups excluding carboxylic acids is 2. The Hall–Kier alpha value is -3.61. The summed E-state index contributed by atoms with van der Waals surface area (Å²) in [5.74, 6) is 0.859. The van der Waals surface area contributed by atoms with Crippen LogP contribution in [0, 0.1) is 12.8 Å². The largest absolute Gasteiger partial charge is 0.494 e. The zero-order valence-electron chi connectivity index (χ0n) is 24.3. The van der Waals surface area contributed by atoms with E-state index in [0.29, 0.717) is 37.7 Å². The lowest BCUT2D eigenvalue weighted by atomic mass is 9.91. The van der Waals surface area contributed by atoms with E-state index in [0.717, 1.165) is 39.7 Å². The SMILES string of the molecule is CCOC(=O)CCCOc1ccc2nc(CC(C)C)c(CNC(=O)OC(C)(C)C)c(-c3ccc(C)cc3)c2c1. The Morgan fingerprint density at radius 3 is 2.41 bits per heavy atom. The number of alkyl carbamates (subject to hydrolysis) is 1. The van der Waals surface area contributed by atoms with E-state index < -0.39 is 11.7 Å². The van der Waals surface area contributed by atoms with Crippen LogP contribution >= 0.6 is 0 Å². The summed E-state index contributed by atoms with van der Waals surface area (Å²) < 4.78 is 16.5. The van der Waals surface area contributed by atoms with Crippen molar-refractivity contribution in [3.8, 4) is 16.9 Å². The molecule has 1 amide bonds. The molecule has 0 unspecified atom stereocenters. The lowest BCUT2D eigenvalue weighted by molar-refractivity contribution is -0.143. The molecular formula is C32H42N2O5. The molecular weight excluding hydrogens is 492 g/mol. The highest BCUT2D eigenvalue weighted by Gasteiger charge is 2.21. The molecule has 0 atom stereocenters. The van der Waals surface area contributed by atoms with Crippen LogP contribution in [0.3, 0.4) is 0 Å². The van der Waals surface area contributed by atoms with Crippen LogP contribution < -0.4 is 10.1 Å². The molecule has 2 aromatic carbocycles. The summed E-state index contributed by atoms with van der Waals surface area (Å²) in [6.45, 7) is 14.8. The molecule has 0 fully saturated rings. The summed E-state index contributed by atoms with van der Waals surface area (Å²) in [7, 11) is 0. The van der Waals surface area contributed by atoms with Gasteiger partial charge in [-0.15, -0.1) is 0 Å². The van der Waals surface area contributed by atoms with Gasteiger partial charge in [0, 0.05) is 29.6 Å². The average Bonchev–Trinajstić information content (AvgIpc) is 2.84. The maximum Gasteiger partial charge on any atom is 0.407 e. The standard InChI is InChI=1S/C32H42N2O5/c1-8-37-29(35)10-9-17-38-24-15-16-27-25(19-24)30(23-13-11-22(4)12-14-23)26(28(34-27)18-21(2)3)20-33-31(36)39-32(5,6)7/h11-16,19,21H,8-10,17-18,20H2,1-7H3,(H,33,36). The van der Waals surface area contributed by atoms with Crippen molar-refractivity contribution in [2.45, 2.75) is 79.9 Å². The molecule has 1 heterocycles.